The van der Waals surface area contributed by atoms with Crippen LogP contribution in [0, 0.1) is 17.5 Å². The average Bonchev–Trinajstić information content (AvgIpc) is 2.23. The Morgan fingerprint density at radius 3 is 2.62 bits per heavy atom. The lowest BCUT2D eigenvalue weighted by molar-refractivity contribution is -0.109. The maximum absolute atomic E-state index is 13.1. The van der Waals surface area contributed by atoms with Gasteiger partial charge in [-0.25, -0.2) is 13.2 Å². The van der Waals surface area contributed by atoms with Crippen molar-refractivity contribution in [1.82, 2.24) is 0 Å². The van der Waals surface area contributed by atoms with Gasteiger partial charge in [-0.05, 0) is 12.1 Å². The van der Waals surface area contributed by atoms with Crippen molar-refractivity contribution in [2.75, 3.05) is 5.75 Å². The zero-order valence-corrected chi connectivity index (χ0v) is 9.28. The minimum absolute atomic E-state index is 0.0388. The van der Waals surface area contributed by atoms with Gasteiger partial charge in [0.1, 0.15) is 0 Å². The van der Waals surface area contributed by atoms with Gasteiger partial charge in [0.05, 0.1) is 0 Å². The average molecular weight is 246 g/mol. The first kappa shape index (κ1) is 12.8. The van der Waals surface area contributed by atoms with Crippen LogP contribution < -0.4 is 0 Å². The van der Waals surface area contributed by atoms with Gasteiger partial charge in [-0.15, -0.1) is 0 Å². The molecule has 0 unspecified atom stereocenters. The van der Waals surface area contributed by atoms with Crippen LogP contribution in [0.3, 0.4) is 0 Å². The minimum Gasteiger partial charge on any atom is -0.288 e. The van der Waals surface area contributed by atoms with Gasteiger partial charge in [0.15, 0.2) is 22.6 Å². The van der Waals surface area contributed by atoms with Crippen molar-refractivity contribution in [1.29, 1.82) is 0 Å². The van der Waals surface area contributed by atoms with E-state index in [9.17, 15) is 18.0 Å². The normalized spacial score (nSPS) is 11.0. The van der Waals surface area contributed by atoms with Gasteiger partial charge in [-0.3, -0.25) is 4.79 Å². The van der Waals surface area contributed by atoms with Crippen LogP contribution in [-0.2, 0) is 4.79 Å². The number of carbonyl (C=O) groups is 1. The van der Waals surface area contributed by atoms with E-state index < -0.39 is 17.5 Å². The van der Waals surface area contributed by atoms with Crippen LogP contribution in [0.1, 0.15) is 12.5 Å². The number of hydrogen-bond donors (Lipinski definition) is 0. The fourth-order valence-corrected chi connectivity index (χ4v) is 1.44. The summed E-state index contributed by atoms with van der Waals surface area (Å²) in [5.74, 6) is -3.55. The van der Waals surface area contributed by atoms with E-state index in [0.29, 0.717) is 5.75 Å². The predicted molar refractivity (Wildman–Crippen MR) is 58.5 cm³/mol. The number of carbonyl (C=O) groups excluding carboxylic acids is 1. The molecular formula is C11H9F3OS. The largest absolute Gasteiger partial charge is 0.288 e. The minimum atomic E-state index is -1.48. The zero-order valence-electron chi connectivity index (χ0n) is 8.47. The highest BCUT2D eigenvalue weighted by Gasteiger charge is 2.10. The SMILES string of the molecule is CC(=O)SCC=Cc1ccc(F)c(F)c1F. The lowest BCUT2D eigenvalue weighted by atomic mass is 10.2. The summed E-state index contributed by atoms with van der Waals surface area (Å²) in [7, 11) is 0. The molecule has 0 atom stereocenters. The quantitative estimate of drug-likeness (QED) is 0.760. The van der Waals surface area contributed by atoms with E-state index >= 15 is 0 Å². The van der Waals surface area contributed by atoms with E-state index in [1.807, 2.05) is 0 Å². The molecule has 0 N–H and O–H groups in total. The highest BCUT2D eigenvalue weighted by molar-refractivity contribution is 8.13. The van der Waals surface area contributed by atoms with Crippen molar-refractivity contribution in [3.05, 3.63) is 41.2 Å². The fourth-order valence-electron chi connectivity index (χ4n) is 1.01. The Labute approximate surface area is 95.3 Å². The van der Waals surface area contributed by atoms with E-state index in [0.717, 1.165) is 23.9 Å². The third-order valence-electron chi connectivity index (χ3n) is 1.75. The molecule has 1 nitrogen and oxygen atoms in total. The highest BCUT2D eigenvalue weighted by atomic mass is 32.2. The van der Waals surface area contributed by atoms with Crippen LogP contribution >= 0.6 is 11.8 Å². The van der Waals surface area contributed by atoms with Gasteiger partial charge in [0.2, 0.25) is 0 Å². The summed E-state index contributed by atoms with van der Waals surface area (Å²) in [5, 5.41) is -0.0598. The van der Waals surface area contributed by atoms with Gasteiger partial charge in [0.25, 0.3) is 0 Å². The third kappa shape index (κ3) is 3.41. The molecule has 0 aliphatic carbocycles. The second kappa shape index (κ2) is 5.75. The Hall–Kier alpha value is -1.23. The Bertz CT molecular complexity index is 429. The molecule has 0 aliphatic heterocycles. The Kier molecular flexibility index (Phi) is 4.61. The Balaban J connectivity index is 2.74. The number of benzene rings is 1. The predicted octanol–water partition coefficient (Wildman–Crippen LogP) is 3.40. The van der Waals surface area contributed by atoms with E-state index in [1.165, 1.54) is 19.1 Å². The standard InChI is InChI=1S/C11H9F3OS/c1-7(15)16-6-2-3-8-4-5-9(12)11(14)10(8)13/h2-5H,6H2,1H3. The molecule has 86 valence electrons. The Morgan fingerprint density at radius 1 is 1.31 bits per heavy atom. The van der Waals surface area contributed by atoms with Crippen molar-refractivity contribution in [3.63, 3.8) is 0 Å². The molecule has 0 bridgehead atoms. The summed E-state index contributed by atoms with van der Waals surface area (Å²) >= 11 is 1.05. The van der Waals surface area contributed by atoms with Gasteiger partial charge in [-0.2, -0.15) is 0 Å². The number of thioether (sulfide) groups is 1. The van der Waals surface area contributed by atoms with Crippen molar-refractivity contribution in [2.24, 2.45) is 0 Å². The van der Waals surface area contributed by atoms with Crippen LogP contribution in [0.4, 0.5) is 13.2 Å². The lowest BCUT2D eigenvalue weighted by Gasteiger charge is -1.99. The summed E-state index contributed by atoms with van der Waals surface area (Å²) in [6.07, 6.45) is 2.83. The van der Waals surface area contributed by atoms with Crippen molar-refractivity contribution in [3.8, 4) is 0 Å². The maximum atomic E-state index is 13.1. The zero-order chi connectivity index (χ0) is 12.1. The molecule has 0 aromatic heterocycles. The van der Waals surface area contributed by atoms with Crippen molar-refractivity contribution in [2.45, 2.75) is 6.92 Å². The maximum Gasteiger partial charge on any atom is 0.195 e. The van der Waals surface area contributed by atoms with Crippen LogP contribution in [0.5, 0.6) is 0 Å². The van der Waals surface area contributed by atoms with E-state index in [1.54, 1.807) is 0 Å². The summed E-state index contributed by atoms with van der Waals surface area (Å²) in [5.41, 5.74) is -0.0388. The topological polar surface area (TPSA) is 17.1 Å². The first-order valence-electron chi connectivity index (χ1n) is 4.45. The smallest absolute Gasteiger partial charge is 0.195 e. The second-order valence-corrected chi connectivity index (χ2v) is 4.17. The molecule has 1 aromatic rings. The van der Waals surface area contributed by atoms with E-state index in [4.69, 9.17) is 0 Å². The number of rotatable bonds is 3. The molecule has 0 radical (unpaired) electrons. The molecule has 1 rings (SSSR count). The molecule has 0 saturated heterocycles. The molecule has 16 heavy (non-hydrogen) atoms. The fraction of sp³-hybridized carbons (Fsp3) is 0.182. The molecule has 0 saturated carbocycles. The van der Waals surface area contributed by atoms with E-state index in [2.05, 4.69) is 0 Å². The Morgan fingerprint density at radius 2 is 2.00 bits per heavy atom. The molecule has 0 fully saturated rings. The van der Waals surface area contributed by atoms with Gasteiger partial charge < -0.3 is 0 Å². The summed E-state index contributed by atoms with van der Waals surface area (Å²) < 4.78 is 38.5. The van der Waals surface area contributed by atoms with E-state index in [-0.39, 0.29) is 10.7 Å². The third-order valence-corrected chi connectivity index (χ3v) is 2.51. The van der Waals surface area contributed by atoms with Crippen LogP contribution in [-0.4, -0.2) is 10.9 Å². The lowest BCUT2D eigenvalue weighted by Crippen LogP contribution is -1.93. The molecule has 0 aliphatic rings. The van der Waals surface area contributed by atoms with Crippen LogP contribution in [0.25, 0.3) is 6.08 Å². The first-order valence-corrected chi connectivity index (χ1v) is 5.44. The monoisotopic (exact) mass is 246 g/mol. The number of halogens is 3. The summed E-state index contributed by atoms with van der Waals surface area (Å²) in [6, 6.07) is 2.00. The summed E-state index contributed by atoms with van der Waals surface area (Å²) in [6.45, 7) is 1.41. The van der Waals surface area contributed by atoms with Crippen molar-refractivity contribution >= 4 is 23.0 Å². The summed E-state index contributed by atoms with van der Waals surface area (Å²) in [4.78, 5) is 10.6. The van der Waals surface area contributed by atoms with Gasteiger partial charge >= 0.3 is 0 Å². The first-order chi connectivity index (χ1) is 7.52. The molecule has 5 heteroatoms. The molecule has 0 spiro atoms. The highest BCUT2D eigenvalue weighted by Crippen LogP contribution is 2.16. The number of hydrogen-bond acceptors (Lipinski definition) is 2. The molecule has 0 heterocycles. The molecule has 1 aromatic carbocycles. The van der Waals surface area contributed by atoms with Crippen LogP contribution in [0.15, 0.2) is 18.2 Å². The molecular weight excluding hydrogens is 237 g/mol. The van der Waals surface area contributed by atoms with Gasteiger partial charge in [-0.1, -0.05) is 23.9 Å². The van der Waals surface area contributed by atoms with Crippen molar-refractivity contribution < 1.29 is 18.0 Å². The van der Waals surface area contributed by atoms with Crippen LogP contribution in [0.2, 0.25) is 0 Å². The molecule has 0 amide bonds. The second-order valence-electron chi connectivity index (χ2n) is 2.97. The van der Waals surface area contributed by atoms with Gasteiger partial charge in [0, 0.05) is 18.2 Å².